The van der Waals surface area contributed by atoms with E-state index in [1.165, 1.54) is 4.68 Å². The Balaban J connectivity index is 2.31. The summed E-state index contributed by atoms with van der Waals surface area (Å²) >= 11 is 0. The molecular weight excluding hydrogens is 282 g/mol. The van der Waals surface area contributed by atoms with Gasteiger partial charge in [-0.15, -0.1) is 0 Å². The first-order chi connectivity index (χ1) is 9.31. The highest BCUT2D eigenvalue weighted by atomic mass is 32.2. The summed E-state index contributed by atoms with van der Waals surface area (Å²) in [7, 11) is -3.65. The van der Waals surface area contributed by atoms with Crippen LogP contribution in [-0.4, -0.2) is 35.3 Å². The van der Waals surface area contributed by atoms with Gasteiger partial charge in [0.2, 0.25) is 10.0 Å². The van der Waals surface area contributed by atoms with E-state index in [0.29, 0.717) is 11.4 Å². The zero-order valence-corrected chi connectivity index (χ0v) is 12.4. The van der Waals surface area contributed by atoms with Crippen LogP contribution in [0.5, 0.6) is 0 Å². The first-order valence-electron chi connectivity index (χ1n) is 6.59. The van der Waals surface area contributed by atoms with E-state index in [1.807, 2.05) is 0 Å². The van der Waals surface area contributed by atoms with Gasteiger partial charge in [-0.1, -0.05) is 12.8 Å². The molecule has 0 atom stereocenters. The fraction of sp³-hybridized carbons (Fsp3) is 0.667. The van der Waals surface area contributed by atoms with Gasteiger partial charge in [-0.25, -0.2) is 13.1 Å². The van der Waals surface area contributed by atoms with Gasteiger partial charge in [0.1, 0.15) is 11.4 Å². The van der Waals surface area contributed by atoms with Crippen molar-refractivity contribution < 1.29 is 18.3 Å². The Labute approximate surface area is 118 Å². The van der Waals surface area contributed by atoms with Crippen LogP contribution in [0.15, 0.2) is 4.90 Å². The number of nitrogens with one attached hydrogen (secondary N) is 1. The lowest BCUT2D eigenvalue weighted by molar-refractivity contribution is -0.137. The van der Waals surface area contributed by atoms with E-state index < -0.39 is 16.0 Å². The van der Waals surface area contributed by atoms with Gasteiger partial charge >= 0.3 is 5.97 Å². The lowest BCUT2D eigenvalue weighted by Gasteiger charge is -2.12. The lowest BCUT2D eigenvalue weighted by atomic mass is 10.3. The van der Waals surface area contributed by atoms with E-state index in [9.17, 15) is 13.2 Å². The number of hydrogen-bond donors (Lipinski definition) is 2. The monoisotopic (exact) mass is 301 g/mol. The Morgan fingerprint density at radius 1 is 1.40 bits per heavy atom. The van der Waals surface area contributed by atoms with Crippen LogP contribution in [0.1, 0.15) is 37.1 Å². The number of aryl methyl sites for hydroxylation is 1. The topological polar surface area (TPSA) is 101 Å². The number of carboxylic acid groups (broad SMARTS) is 1. The largest absolute Gasteiger partial charge is 0.480 e. The molecule has 1 aromatic heterocycles. The van der Waals surface area contributed by atoms with Gasteiger partial charge in [0.25, 0.3) is 0 Å². The standard InChI is InChI=1S/C12H19N3O4S/c1-8-12(9(2)15(13-8)7-11(16)17)20(18,19)14-10-5-3-4-6-10/h10,14H,3-7H2,1-2H3,(H,16,17). The number of sulfonamides is 1. The van der Waals surface area contributed by atoms with E-state index in [4.69, 9.17) is 5.11 Å². The van der Waals surface area contributed by atoms with Gasteiger partial charge in [0, 0.05) is 6.04 Å². The number of aromatic nitrogens is 2. The summed E-state index contributed by atoms with van der Waals surface area (Å²) in [6.07, 6.45) is 3.76. The average molecular weight is 301 g/mol. The third-order valence-electron chi connectivity index (χ3n) is 3.55. The molecule has 7 nitrogen and oxygen atoms in total. The molecular formula is C12H19N3O4S. The van der Waals surface area contributed by atoms with Crippen LogP contribution in [0.25, 0.3) is 0 Å². The summed E-state index contributed by atoms with van der Waals surface area (Å²) < 4.78 is 28.7. The lowest BCUT2D eigenvalue weighted by Crippen LogP contribution is -2.33. The van der Waals surface area contributed by atoms with Crippen molar-refractivity contribution in [1.82, 2.24) is 14.5 Å². The minimum atomic E-state index is -3.65. The molecule has 0 spiro atoms. The van der Waals surface area contributed by atoms with Crippen molar-refractivity contribution in [2.24, 2.45) is 0 Å². The normalized spacial score (nSPS) is 16.7. The van der Waals surface area contributed by atoms with Gasteiger partial charge in [0.05, 0.1) is 11.4 Å². The van der Waals surface area contributed by atoms with E-state index in [2.05, 4.69) is 9.82 Å². The summed E-state index contributed by atoms with van der Waals surface area (Å²) in [4.78, 5) is 10.8. The van der Waals surface area contributed by atoms with Crippen LogP contribution in [0.4, 0.5) is 0 Å². The predicted octanol–water partition coefficient (Wildman–Crippen LogP) is 0.805. The molecule has 0 amide bonds. The number of carboxylic acids is 1. The Hall–Kier alpha value is -1.41. The van der Waals surface area contributed by atoms with Gasteiger partial charge in [-0.3, -0.25) is 9.48 Å². The van der Waals surface area contributed by atoms with Crippen LogP contribution in [0, 0.1) is 13.8 Å². The summed E-state index contributed by atoms with van der Waals surface area (Å²) in [5.74, 6) is -1.05. The molecule has 1 aromatic rings. The molecule has 0 saturated heterocycles. The first-order valence-corrected chi connectivity index (χ1v) is 8.07. The third kappa shape index (κ3) is 3.01. The Bertz CT molecular complexity index is 615. The van der Waals surface area contributed by atoms with Crippen molar-refractivity contribution in [2.45, 2.75) is 57.0 Å². The molecule has 1 aliphatic carbocycles. The molecule has 1 fully saturated rings. The first kappa shape index (κ1) is 15.0. The van der Waals surface area contributed by atoms with Crippen LogP contribution >= 0.6 is 0 Å². The van der Waals surface area contributed by atoms with E-state index in [1.54, 1.807) is 13.8 Å². The molecule has 1 aliphatic rings. The maximum absolute atomic E-state index is 12.4. The predicted molar refractivity (Wildman–Crippen MR) is 71.9 cm³/mol. The third-order valence-corrected chi connectivity index (χ3v) is 5.32. The fourth-order valence-electron chi connectivity index (χ4n) is 2.67. The molecule has 1 heterocycles. The van der Waals surface area contributed by atoms with Crippen LogP contribution in [-0.2, 0) is 21.4 Å². The number of rotatable bonds is 5. The van der Waals surface area contributed by atoms with Crippen LogP contribution in [0.3, 0.4) is 0 Å². The summed E-state index contributed by atoms with van der Waals surface area (Å²) in [5.41, 5.74) is 0.685. The highest BCUT2D eigenvalue weighted by molar-refractivity contribution is 7.89. The highest BCUT2D eigenvalue weighted by Crippen LogP contribution is 2.23. The Morgan fingerprint density at radius 3 is 2.55 bits per heavy atom. The number of carbonyl (C=O) groups is 1. The Kier molecular flexibility index (Phi) is 4.14. The van der Waals surface area contributed by atoms with Crippen molar-refractivity contribution in [3.8, 4) is 0 Å². The number of nitrogens with zero attached hydrogens (tertiary/aromatic N) is 2. The Morgan fingerprint density at radius 2 is 2.00 bits per heavy atom. The zero-order chi connectivity index (χ0) is 14.9. The number of hydrogen-bond acceptors (Lipinski definition) is 4. The van der Waals surface area contributed by atoms with Crippen molar-refractivity contribution in [3.63, 3.8) is 0 Å². The smallest absolute Gasteiger partial charge is 0.325 e. The van der Waals surface area contributed by atoms with Gasteiger partial charge < -0.3 is 5.11 Å². The van der Waals surface area contributed by atoms with Gasteiger partial charge in [-0.2, -0.15) is 5.10 Å². The van der Waals surface area contributed by atoms with Gasteiger partial charge in [0.15, 0.2) is 0 Å². The second kappa shape index (κ2) is 5.53. The fourth-order valence-corrected chi connectivity index (χ4v) is 4.39. The second-order valence-electron chi connectivity index (χ2n) is 5.15. The van der Waals surface area contributed by atoms with Gasteiger partial charge in [-0.05, 0) is 26.7 Å². The molecule has 0 bridgehead atoms. The number of aliphatic carboxylic acids is 1. The van der Waals surface area contributed by atoms with E-state index >= 15 is 0 Å². The highest BCUT2D eigenvalue weighted by Gasteiger charge is 2.28. The molecule has 0 aliphatic heterocycles. The van der Waals surface area contributed by atoms with Crippen LogP contribution < -0.4 is 4.72 Å². The van der Waals surface area contributed by atoms with Crippen LogP contribution in [0.2, 0.25) is 0 Å². The molecule has 8 heteroatoms. The quantitative estimate of drug-likeness (QED) is 0.838. The molecule has 0 aromatic carbocycles. The van der Waals surface area contributed by atoms with E-state index in [0.717, 1.165) is 25.7 Å². The maximum Gasteiger partial charge on any atom is 0.325 e. The minimum absolute atomic E-state index is 0.0263. The molecule has 1 saturated carbocycles. The summed E-state index contributed by atoms with van der Waals surface area (Å²) in [6.45, 7) is 2.81. The molecule has 0 unspecified atom stereocenters. The second-order valence-corrected chi connectivity index (χ2v) is 6.80. The SMILES string of the molecule is Cc1nn(CC(=O)O)c(C)c1S(=O)(=O)NC1CCCC1. The van der Waals surface area contributed by atoms with Crippen molar-refractivity contribution in [1.29, 1.82) is 0 Å². The van der Waals surface area contributed by atoms with E-state index in [-0.39, 0.29) is 17.5 Å². The zero-order valence-electron chi connectivity index (χ0n) is 11.6. The van der Waals surface area contributed by atoms with Crippen molar-refractivity contribution in [2.75, 3.05) is 0 Å². The average Bonchev–Trinajstić information content (AvgIpc) is 2.87. The summed E-state index contributed by atoms with van der Waals surface area (Å²) in [6, 6.07) is -0.0263. The molecule has 20 heavy (non-hydrogen) atoms. The molecule has 0 radical (unpaired) electrons. The summed E-state index contributed by atoms with van der Waals surface area (Å²) in [5, 5.41) is 12.8. The van der Waals surface area contributed by atoms with Crippen molar-refractivity contribution in [3.05, 3.63) is 11.4 Å². The molecule has 2 rings (SSSR count). The molecule has 112 valence electrons. The molecule has 2 N–H and O–H groups in total. The maximum atomic E-state index is 12.4. The minimum Gasteiger partial charge on any atom is -0.480 e. The van der Waals surface area contributed by atoms with Crippen molar-refractivity contribution >= 4 is 16.0 Å².